The van der Waals surface area contributed by atoms with Crippen molar-refractivity contribution in [3.63, 3.8) is 0 Å². The molecule has 2 aliphatic heterocycles. The summed E-state index contributed by atoms with van der Waals surface area (Å²) in [6.07, 6.45) is 3.71. The summed E-state index contributed by atoms with van der Waals surface area (Å²) in [5.41, 5.74) is 0. The quantitative estimate of drug-likeness (QED) is 0.546. The maximum absolute atomic E-state index is 9.69. The van der Waals surface area contributed by atoms with E-state index in [4.69, 9.17) is 0 Å². The fourth-order valence-corrected chi connectivity index (χ4v) is 3.47. The number of piperidine rings is 1. The zero-order valence-electron chi connectivity index (χ0n) is 6.74. The molecule has 1 aliphatic carbocycles. The highest BCUT2D eigenvalue weighted by Crippen LogP contribution is 2.47. The molecule has 2 heteroatoms. The Labute approximate surface area is 67.2 Å². The van der Waals surface area contributed by atoms with Crippen LogP contribution in [0.1, 0.15) is 19.3 Å². The molecule has 2 heterocycles. The molecule has 1 N–H and O–H groups in total. The second kappa shape index (κ2) is 1.99. The summed E-state index contributed by atoms with van der Waals surface area (Å²) in [5, 5.41) is 9.69. The van der Waals surface area contributed by atoms with Gasteiger partial charge in [-0.3, -0.25) is 4.90 Å². The average Bonchev–Trinajstić information content (AvgIpc) is 2.40. The molecule has 0 amide bonds. The van der Waals surface area contributed by atoms with Gasteiger partial charge in [-0.05, 0) is 44.2 Å². The summed E-state index contributed by atoms with van der Waals surface area (Å²) < 4.78 is 0. The van der Waals surface area contributed by atoms with Crippen LogP contribution in [0.4, 0.5) is 0 Å². The van der Waals surface area contributed by atoms with Gasteiger partial charge in [0.15, 0.2) is 0 Å². The number of nitrogens with zero attached hydrogens (tertiary/aromatic N) is 1. The van der Waals surface area contributed by atoms with E-state index in [2.05, 4.69) is 4.90 Å². The second-order valence-electron chi connectivity index (χ2n) is 4.31. The molecule has 0 aromatic carbocycles. The molecule has 1 saturated carbocycles. The molecule has 4 bridgehead atoms. The first-order valence-corrected chi connectivity index (χ1v) is 4.78. The molecule has 0 aromatic heterocycles. The fourth-order valence-electron chi connectivity index (χ4n) is 3.47. The van der Waals surface area contributed by atoms with Crippen molar-refractivity contribution in [3.05, 3.63) is 0 Å². The van der Waals surface area contributed by atoms with Gasteiger partial charge >= 0.3 is 0 Å². The number of aliphatic hydroxyl groups excluding tert-OH is 1. The topological polar surface area (TPSA) is 23.5 Å². The van der Waals surface area contributed by atoms with E-state index in [0.29, 0.717) is 5.92 Å². The largest absolute Gasteiger partial charge is 0.393 e. The molecular formula is C9H15NO. The standard InChI is InChI=1S/C9H15NO/c11-9-5-8-6-1-3-10(8)4-2-7(6)9/h6-9,11H,1-5H2. The Morgan fingerprint density at radius 1 is 1.09 bits per heavy atom. The predicted octanol–water partition coefficient (Wildman–Crippen LogP) is 0.461. The van der Waals surface area contributed by atoms with Gasteiger partial charge < -0.3 is 5.11 Å². The molecule has 0 aromatic rings. The maximum atomic E-state index is 9.69. The third-order valence-corrected chi connectivity index (χ3v) is 3.99. The van der Waals surface area contributed by atoms with Crippen LogP contribution in [0.5, 0.6) is 0 Å². The van der Waals surface area contributed by atoms with Gasteiger partial charge in [0.05, 0.1) is 6.10 Å². The minimum atomic E-state index is 0.0373. The normalized spacial score (nSPS) is 60.3. The molecule has 2 saturated heterocycles. The number of rotatable bonds is 0. The van der Waals surface area contributed by atoms with Crippen molar-refractivity contribution >= 4 is 0 Å². The molecule has 0 spiro atoms. The van der Waals surface area contributed by atoms with Crippen molar-refractivity contribution in [2.24, 2.45) is 11.8 Å². The first-order valence-electron chi connectivity index (χ1n) is 4.78. The number of aliphatic hydroxyl groups is 1. The lowest BCUT2D eigenvalue weighted by Crippen LogP contribution is -2.36. The second-order valence-corrected chi connectivity index (χ2v) is 4.31. The maximum Gasteiger partial charge on any atom is 0.0587 e. The molecule has 3 aliphatic rings. The summed E-state index contributed by atoms with van der Waals surface area (Å²) in [4.78, 5) is 2.58. The molecule has 2 nitrogen and oxygen atoms in total. The summed E-state index contributed by atoms with van der Waals surface area (Å²) in [6.45, 7) is 2.56. The van der Waals surface area contributed by atoms with E-state index < -0.39 is 0 Å². The van der Waals surface area contributed by atoms with Crippen molar-refractivity contribution in [1.82, 2.24) is 4.90 Å². The van der Waals surface area contributed by atoms with Crippen LogP contribution in [-0.2, 0) is 0 Å². The van der Waals surface area contributed by atoms with Gasteiger partial charge in [-0.2, -0.15) is 0 Å². The Balaban J connectivity index is 1.95. The summed E-state index contributed by atoms with van der Waals surface area (Å²) in [6, 6.07) is 0.767. The fraction of sp³-hybridized carbons (Fsp3) is 1.00. The van der Waals surface area contributed by atoms with Gasteiger partial charge in [0, 0.05) is 6.04 Å². The van der Waals surface area contributed by atoms with Gasteiger partial charge in [-0.1, -0.05) is 0 Å². The highest BCUT2D eigenvalue weighted by molar-refractivity contribution is 5.04. The van der Waals surface area contributed by atoms with Crippen molar-refractivity contribution in [2.45, 2.75) is 31.4 Å². The summed E-state index contributed by atoms with van der Waals surface area (Å²) in [7, 11) is 0. The Hall–Kier alpha value is -0.0800. The van der Waals surface area contributed by atoms with Crippen LogP contribution < -0.4 is 0 Å². The van der Waals surface area contributed by atoms with Gasteiger partial charge in [0.25, 0.3) is 0 Å². The molecule has 3 rings (SSSR count). The van der Waals surface area contributed by atoms with Gasteiger partial charge in [-0.15, -0.1) is 0 Å². The Morgan fingerprint density at radius 2 is 1.82 bits per heavy atom. The van der Waals surface area contributed by atoms with Crippen molar-refractivity contribution < 1.29 is 5.11 Å². The summed E-state index contributed by atoms with van der Waals surface area (Å²) >= 11 is 0. The molecular weight excluding hydrogens is 138 g/mol. The molecule has 5 unspecified atom stereocenters. The third-order valence-electron chi connectivity index (χ3n) is 3.99. The monoisotopic (exact) mass is 153 g/mol. The lowest BCUT2D eigenvalue weighted by atomic mass is 9.88. The van der Waals surface area contributed by atoms with Crippen LogP contribution in [-0.4, -0.2) is 35.2 Å². The SMILES string of the molecule is OC1CC2C3CCN2CCC13. The van der Waals surface area contributed by atoms with E-state index in [1.165, 1.54) is 25.9 Å². The predicted molar refractivity (Wildman–Crippen MR) is 42.2 cm³/mol. The van der Waals surface area contributed by atoms with Crippen molar-refractivity contribution in [3.8, 4) is 0 Å². The molecule has 62 valence electrons. The lowest BCUT2D eigenvalue weighted by Gasteiger charge is -2.29. The highest BCUT2D eigenvalue weighted by atomic mass is 16.3. The van der Waals surface area contributed by atoms with Gasteiger partial charge in [0.1, 0.15) is 0 Å². The van der Waals surface area contributed by atoms with Crippen molar-refractivity contribution in [1.29, 1.82) is 0 Å². The smallest absolute Gasteiger partial charge is 0.0587 e. The van der Waals surface area contributed by atoms with Gasteiger partial charge in [0.2, 0.25) is 0 Å². The minimum absolute atomic E-state index is 0.0373. The Kier molecular flexibility index (Phi) is 1.16. The van der Waals surface area contributed by atoms with Crippen LogP contribution >= 0.6 is 0 Å². The molecule has 5 atom stereocenters. The van der Waals surface area contributed by atoms with E-state index in [1.54, 1.807) is 0 Å². The van der Waals surface area contributed by atoms with Crippen LogP contribution in [0.25, 0.3) is 0 Å². The zero-order valence-corrected chi connectivity index (χ0v) is 6.74. The first kappa shape index (κ1) is 6.44. The number of hydrogen-bond donors (Lipinski definition) is 1. The van der Waals surface area contributed by atoms with Crippen LogP contribution in [0, 0.1) is 11.8 Å². The third kappa shape index (κ3) is 0.695. The van der Waals surface area contributed by atoms with E-state index in [1.807, 2.05) is 0 Å². The van der Waals surface area contributed by atoms with Crippen LogP contribution in [0.15, 0.2) is 0 Å². The Bertz CT molecular complexity index is 180. The first-order chi connectivity index (χ1) is 5.36. The van der Waals surface area contributed by atoms with Crippen LogP contribution in [0.2, 0.25) is 0 Å². The van der Waals surface area contributed by atoms with Crippen molar-refractivity contribution in [2.75, 3.05) is 13.1 Å². The van der Waals surface area contributed by atoms with Gasteiger partial charge in [-0.25, -0.2) is 0 Å². The zero-order chi connectivity index (χ0) is 7.42. The van der Waals surface area contributed by atoms with E-state index >= 15 is 0 Å². The van der Waals surface area contributed by atoms with E-state index in [9.17, 15) is 5.11 Å². The molecule has 0 radical (unpaired) electrons. The lowest BCUT2D eigenvalue weighted by molar-refractivity contribution is 0.109. The van der Waals surface area contributed by atoms with E-state index in [-0.39, 0.29) is 6.10 Å². The average molecular weight is 153 g/mol. The Morgan fingerprint density at radius 3 is 2.55 bits per heavy atom. The van der Waals surface area contributed by atoms with E-state index in [0.717, 1.165) is 18.4 Å². The highest BCUT2D eigenvalue weighted by Gasteiger charge is 2.51. The summed E-state index contributed by atoms with van der Waals surface area (Å²) in [5.74, 6) is 1.53. The number of hydrogen-bond acceptors (Lipinski definition) is 2. The minimum Gasteiger partial charge on any atom is -0.393 e. The van der Waals surface area contributed by atoms with Crippen LogP contribution in [0.3, 0.4) is 0 Å². The molecule has 3 fully saturated rings. The molecule has 11 heavy (non-hydrogen) atoms.